The van der Waals surface area contributed by atoms with Gasteiger partial charge in [0.2, 0.25) is 5.95 Å². The lowest BCUT2D eigenvalue weighted by atomic mass is 9.83. The van der Waals surface area contributed by atoms with Gasteiger partial charge in [0.05, 0.1) is 17.9 Å². The molecule has 5 aromatic heterocycles. The fourth-order valence-corrected chi connectivity index (χ4v) is 4.93. The van der Waals surface area contributed by atoms with Crippen LogP contribution in [0.3, 0.4) is 0 Å². The highest BCUT2D eigenvalue weighted by Gasteiger charge is 2.18. The van der Waals surface area contributed by atoms with Gasteiger partial charge in [0.15, 0.2) is 0 Å². The SMILES string of the molecule is CC1CCC(CNc2ncc3c(-c4ccn5ncc(-c6cnn(C)c6)c5c4)c[nH]c3n2)CC1. The molecule has 8 nitrogen and oxygen atoms in total. The van der Waals surface area contributed by atoms with E-state index in [4.69, 9.17) is 4.98 Å². The first-order chi connectivity index (χ1) is 16.1. The van der Waals surface area contributed by atoms with Gasteiger partial charge in [0.25, 0.3) is 0 Å². The van der Waals surface area contributed by atoms with E-state index in [1.54, 1.807) is 4.68 Å². The molecule has 0 bridgehead atoms. The molecule has 1 aliphatic rings. The summed E-state index contributed by atoms with van der Waals surface area (Å²) in [6.07, 6.45) is 16.9. The Morgan fingerprint density at radius 3 is 2.76 bits per heavy atom. The second-order valence-corrected chi connectivity index (χ2v) is 9.37. The summed E-state index contributed by atoms with van der Waals surface area (Å²) in [5, 5.41) is 13.3. The Bertz CT molecular complexity index is 1420. The molecule has 0 atom stereocenters. The number of rotatable bonds is 5. The zero-order valence-corrected chi connectivity index (χ0v) is 19.0. The smallest absolute Gasteiger partial charge is 0.224 e. The number of nitrogens with one attached hydrogen (secondary N) is 2. The Kier molecular flexibility index (Phi) is 4.86. The number of nitrogens with zero attached hydrogens (tertiary/aromatic N) is 6. The first-order valence-electron chi connectivity index (χ1n) is 11.7. The molecule has 0 unspecified atom stereocenters. The Labute approximate surface area is 192 Å². The lowest BCUT2D eigenvalue weighted by Crippen LogP contribution is -2.20. The fraction of sp³-hybridized carbons (Fsp3) is 0.360. The maximum Gasteiger partial charge on any atom is 0.224 e. The maximum absolute atomic E-state index is 4.73. The van der Waals surface area contributed by atoms with Gasteiger partial charge in [-0.3, -0.25) is 4.68 Å². The number of aromatic nitrogens is 7. The first-order valence-corrected chi connectivity index (χ1v) is 11.7. The molecule has 1 saturated carbocycles. The van der Waals surface area contributed by atoms with Crippen LogP contribution in [-0.4, -0.2) is 40.9 Å². The van der Waals surface area contributed by atoms with E-state index in [1.165, 1.54) is 25.7 Å². The molecule has 5 heterocycles. The van der Waals surface area contributed by atoms with Crippen molar-refractivity contribution in [2.45, 2.75) is 32.6 Å². The minimum absolute atomic E-state index is 0.694. The summed E-state index contributed by atoms with van der Waals surface area (Å²) >= 11 is 0. The van der Waals surface area contributed by atoms with Gasteiger partial charge < -0.3 is 10.3 Å². The van der Waals surface area contributed by atoms with Crippen molar-refractivity contribution in [3.05, 3.63) is 49.3 Å². The van der Waals surface area contributed by atoms with Crippen molar-refractivity contribution in [2.75, 3.05) is 11.9 Å². The van der Waals surface area contributed by atoms with Crippen LogP contribution in [0.2, 0.25) is 0 Å². The number of aryl methyl sites for hydroxylation is 1. The highest BCUT2D eigenvalue weighted by atomic mass is 15.2. The van der Waals surface area contributed by atoms with Gasteiger partial charge in [-0.25, -0.2) is 9.50 Å². The molecule has 8 heteroatoms. The molecule has 0 radical (unpaired) electrons. The van der Waals surface area contributed by atoms with Crippen LogP contribution in [-0.2, 0) is 7.05 Å². The summed E-state index contributed by atoms with van der Waals surface area (Å²) in [6.45, 7) is 3.30. The molecule has 1 fully saturated rings. The number of aromatic amines is 1. The van der Waals surface area contributed by atoms with E-state index in [2.05, 4.69) is 44.5 Å². The lowest BCUT2D eigenvalue weighted by Gasteiger charge is -2.26. The Morgan fingerprint density at radius 2 is 1.94 bits per heavy atom. The molecule has 0 aliphatic heterocycles. The number of fused-ring (bicyclic) bond motifs is 2. The largest absolute Gasteiger partial charge is 0.354 e. The number of hydrogen-bond acceptors (Lipinski definition) is 5. The van der Waals surface area contributed by atoms with Gasteiger partial charge in [-0.2, -0.15) is 15.2 Å². The number of anilines is 1. The molecule has 0 spiro atoms. The summed E-state index contributed by atoms with van der Waals surface area (Å²) in [7, 11) is 1.92. The van der Waals surface area contributed by atoms with E-state index in [9.17, 15) is 0 Å². The summed E-state index contributed by atoms with van der Waals surface area (Å²) in [5.74, 6) is 2.28. The van der Waals surface area contributed by atoms with Gasteiger partial charge in [-0.05, 0) is 42.4 Å². The highest BCUT2D eigenvalue weighted by molar-refractivity contribution is 5.95. The van der Waals surface area contributed by atoms with Crippen LogP contribution in [0.15, 0.2) is 49.3 Å². The Balaban J connectivity index is 1.27. The quantitative estimate of drug-likeness (QED) is 0.405. The third-order valence-corrected chi connectivity index (χ3v) is 6.96. The molecule has 33 heavy (non-hydrogen) atoms. The van der Waals surface area contributed by atoms with Crippen LogP contribution in [0.4, 0.5) is 5.95 Å². The van der Waals surface area contributed by atoms with Crippen molar-refractivity contribution in [3.63, 3.8) is 0 Å². The van der Waals surface area contributed by atoms with Crippen molar-refractivity contribution in [2.24, 2.45) is 18.9 Å². The van der Waals surface area contributed by atoms with Crippen LogP contribution in [0.5, 0.6) is 0 Å². The predicted octanol–water partition coefficient (Wildman–Crippen LogP) is 4.91. The standard InChI is InChI=1S/C25H28N8/c1-16-3-5-17(6-4-16)10-27-25-28-13-22-20(12-26-24(22)31-25)18-7-8-33-23(9-18)21(14-30-33)19-11-29-32(2)15-19/h7-9,11-17H,3-6,10H2,1-2H3,(H2,26,27,28,31). The van der Waals surface area contributed by atoms with Gasteiger partial charge in [0.1, 0.15) is 5.65 Å². The average molecular weight is 441 g/mol. The predicted molar refractivity (Wildman–Crippen MR) is 130 cm³/mol. The molecule has 0 aromatic carbocycles. The van der Waals surface area contributed by atoms with Crippen LogP contribution in [0.25, 0.3) is 38.8 Å². The maximum atomic E-state index is 4.73. The van der Waals surface area contributed by atoms with E-state index < -0.39 is 0 Å². The van der Waals surface area contributed by atoms with E-state index in [0.29, 0.717) is 5.95 Å². The van der Waals surface area contributed by atoms with Crippen molar-refractivity contribution in [1.82, 2.24) is 34.3 Å². The van der Waals surface area contributed by atoms with Crippen LogP contribution in [0.1, 0.15) is 32.6 Å². The van der Waals surface area contributed by atoms with Gasteiger partial charge in [-0.15, -0.1) is 0 Å². The van der Waals surface area contributed by atoms with Crippen LogP contribution >= 0.6 is 0 Å². The molecule has 6 rings (SSSR count). The van der Waals surface area contributed by atoms with Crippen molar-refractivity contribution in [3.8, 4) is 22.3 Å². The normalized spacial score (nSPS) is 18.8. The van der Waals surface area contributed by atoms with E-state index >= 15 is 0 Å². The molecule has 168 valence electrons. The Morgan fingerprint density at radius 1 is 1.06 bits per heavy atom. The van der Waals surface area contributed by atoms with Gasteiger partial charge in [0, 0.05) is 60.5 Å². The molecular formula is C25H28N8. The average Bonchev–Trinajstić information content (AvgIpc) is 3.55. The van der Waals surface area contributed by atoms with E-state index in [-0.39, 0.29) is 0 Å². The van der Waals surface area contributed by atoms with Gasteiger partial charge in [-0.1, -0.05) is 19.8 Å². The minimum atomic E-state index is 0.694. The van der Waals surface area contributed by atoms with E-state index in [1.807, 2.05) is 48.7 Å². The molecule has 0 amide bonds. The van der Waals surface area contributed by atoms with Gasteiger partial charge >= 0.3 is 0 Å². The van der Waals surface area contributed by atoms with Crippen LogP contribution in [0, 0.1) is 11.8 Å². The summed E-state index contributed by atoms with van der Waals surface area (Å²) in [5.41, 5.74) is 6.18. The number of pyridine rings is 1. The first kappa shape index (κ1) is 20.0. The van der Waals surface area contributed by atoms with E-state index in [0.717, 1.165) is 57.2 Å². The summed E-state index contributed by atoms with van der Waals surface area (Å²) < 4.78 is 3.70. The summed E-state index contributed by atoms with van der Waals surface area (Å²) in [6, 6.07) is 4.24. The second kappa shape index (κ2) is 8.03. The molecule has 1 aliphatic carbocycles. The molecule has 5 aromatic rings. The highest BCUT2D eigenvalue weighted by Crippen LogP contribution is 2.32. The second-order valence-electron chi connectivity index (χ2n) is 9.37. The number of H-pyrrole nitrogens is 1. The zero-order valence-electron chi connectivity index (χ0n) is 19.0. The van der Waals surface area contributed by atoms with Crippen molar-refractivity contribution in [1.29, 1.82) is 0 Å². The molecule has 2 N–H and O–H groups in total. The van der Waals surface area contributed by atoms with Crippen molar-refractivity contribution < 1.29 is 0 Å². The minimum Gasteiger partial charge on any atom is -0.354 e. The zero-order chi connectivity index (χ0) is 22.4. The topological polar surface area (TPSA) is 88.7 Å². The lowest BCUT2D eigenvalue weighted by molar-refractivity contribution is 0.300. The summed E-state index contributed by atoms with van der Waals surface area (Å²) in [4.78, 5) is 12.7. The van der Waals surface area contributed by atoms with Crippen molar-refractivity contribution >= 4 is 22.5 Å². The molecular weight excluding hydrogens is 412 g/mol. The fourth-order valence-electron chi connectivity index (χ4n) is 4.93. The monoisotopic (exact) mass is 440 g/mol. The third kappa shape index (κ3) is 3.75. The number of hydrogen-bond donors (Lipinski definition) is 2. The Hall–Kier alpha value is -3.68. The molecule has 0 saturated heterocycles. The van der Waals surface area contributed by atoms with Crippen LogP contribution < -0.4 is 5.32 Å². The third-order valence-electron chi connectivity index (χ3n) is 6.96.